The molecule has 0 aliphatic heterocycles. The predicted octanol–water partition coefficient (Wildman–Crippen LogP) is 4.68. The number of rotatable bonds is 6. The maximum absolute atomic E-state index is 12.7. The zero-order valence-corrected chi connectivity index (χ0v) is 17.6. The SMILES string of the molecule is CCCCC1CCC(C(=O)N=c2sc3cc(OC)c(OC)cc3n2C)CC1. The molecule has 0 unspecified atom stereocenters. The topological polar surface area (TPSA) is 52.8 Å². The average molecular weight is 391 g/mol. The number of aryl methyl sites for hydroxylation is 1. The van der Waals surface area contributed by atoms with Gasteiger partial charge in [-0.05, 0) is 31.6 Å². The van der Waals surface area contributed by atoms with Gasteiger partial charge in [0.15, 0.2) is 16.3 Å². The van der Waals surface area contributed by atoms with E-state index in [4.69, 9.17) is 9.47 Å². The second kappa shape index (κ2) is 8.91. The molecule has 1 saturated carbocycles. The highest BCUT2D eigenvalue weighted by molar-refractivity contribution is 7.16. The summed E-state index contributed by atoms with van der Waals surface area (Å²) in [7, 11) is 5.20. The molecule has 5 nitrogen and oxygen atoms in total. The number of unbranched alkanes of at least 4 members (excludes halogenated alkanes) is 1. The van der Waals surface area contributed by atoms with Crippen LogP contribution in [-0.4, -0.2) is 24.7 Å². The molecule has 1 aliphatic carbocycles. The van der Waals surface area contributed by atoms with Crippen LogP contribution in [-0.2, 0) is 11.8 Å². The second-order valence-corrected chi connectivity index (χ2v) is 8.44. The summed E-state index contributed by atoms with van der Waals surface area (Å²) in [6, 6.07) is 3.88. The van der Waals surface area contributed by atoms with Crippen molar-refractivity contribution >= 4 is 27.5 Å². The Bertz CT molecular complexity index is 860. The van der Waals surface area contributed by atoms with Crippen molar-refractivity contribution in [3.8, 4) is 11.5 Å². The minimum absolute atomic E-state index is 0.0324. The Balaban J connectivity index is 1.79. The van der Waals surface area contributed by atoms with Crippen molar-refractivity contribution in [1.29, 1.82) is 0 Å². The lowest BCUT2D eigenvalue weighted by molar-refractivity contribution is -0.123. The number of hydrogen-bond acceptors (Lipinski definition) is 4. The molecule has 1 aromatic carbocycles. The van der Waals surface area contributed by atoms with Crippen molar-refractivity contribution in [2.45, 2.75) is 51.9 Å². The van der Waals surface area contributed by atoms with Crippen molar-refractivity contribution in [1.82, 2.24) is 4.57 Å². The highest BCUT2D eigenvalue weighted by atomic mass is 32.1. The normalized spacial score (nSPS) is 20.8. The first-order valence-corrected chi connectivity index (χ1v) is 10.7. The van der Waals surface area contributed by atoms with Gasteiger partial charge < -0.3 is 14.0 Å². The van der Waals surface area contributed by atoms with E-state index in [-0.39, 0.29) is 11.8 Å². The monoisotopic (exact) mass is 390 g/mol. The van der Waals surface area contributed by atoms with E-state index in [1.807, 2.05) is 23.7 Å². The first-order valence-electron chi connectivity index (χ1n) is 9.87. The Morgan fingerprint density at radius 2 is 1.85 bits per heavy atom. The number of amides is 1. The summed E-state index contributed by atoms with van der Waals surface area (Å²) >= 11 is 1.52. The van der Waals surface area contributed by atoms with Gasteiger partial charge >= 0.3 is 0 Å². The van der Waals surface area contributed by atoms with Crippen molar-refractivity contribution < 1.29 is 14.3 Å². The molecule has 0 radical (unpaired) electrons. The fourth-order valence-electron chi connectivity index (χ4n) is 3.94. The number of hydrogen-bond donors (Lipinski definition) is 0. The standard InChI is InChI=1S/C21H30N2O3S/c1-5-6-7-14-8-10-15(11-9-14)20(24)22-21-23(2)16-12-17(25-3)18(26-4)13-19(16)27-21/h12-15H,5-11H2,1-4H3. The van der Waals surface area contributed by atoms with Gasteiger partial charge in [-0.15, -0.1) is 0 Å². The highest BCUT2D eigenvalue weighted by Crippen LogP contribution is 2.34. The summed E-state index contributed by atoms with van der Waals surface area (Å²) in [5.41, 5.74) is 0.993. The molecule has 2 aromatic rings. The molecule has 0 saturated heterocycles. The highest BCUT2D eigenvalue weighted by Gasteiger charge is 2.26. The van der Waals surface area contributed by atoms with Crippen LogP contribution in [0.3, 0.4) is 0 Å². The molecule has 0 atom stereocenters. The van der Waals surface area contributed by atoms with E-state index in [0.29, 0.717) is 11.5 Å². The summed E-state index contributed by atoms with van der Waals surface area (Å²) in [6.45, 7) is 2.24. The van der Waals surface area contributed by atoms with Crippen LogP contribution in [0.5, 0.6) is 11.5 Å². The van der Waals surface area contributed by atoms with Crippen LogP contribution < -0.4 is 14.3 Å². The van der Waals surface area contributed by atoms with E-state index in [2.05, 4.69) is 11.9 Å². The Morgan fingerprint density at radius 3 is 2.48 bits per heavy atom. The zero-order chi connectivity index (χ0) is 19.4. The maximum Gasteiger partial charge on any atom is 0.251 e. The van der Waals surface area contributed by atoms with Gasteiger partial charge in [0.1, 0.15) is 0 Å². The smallest absolute Gasteiger partial charge is 0.251 e. The second-order valence-electron chi connectivity index (χ2n) is 7.43. The Morgan fingerprint density at radius 1 is 1.19 bits per heavy atom. The lowest BCUT2D eigenvalue weighted by Crippen LogP contribution is -2.23. The van der Waals surface area contributed by atoms with Crippen molar-refractivity contribution in [3.63, 3.8) is 0 Å². The van der Waals surface area contributed by atoms with Crippen LogP contribution in [0.2, 0.25) is 0 Å². The van der Waals surface area contributed by atoms with Crippen LogP contribution in [0.15, 0.2) is 17.1 Å². The van der Waals surface area contributed by atoms with Gasteiger partial charge in [-0.25, -0.2) is 0 Å². The molecule has 1 aliphatic rings. The van der Waals surface area contributed by atoms with Crippen molar-refractivity contribution in [3.05, 3.63) is 16.9 Å². The lowest BCUT2D eigenvalue weighted by Gasteiger charge is -2.26. The van der Waals surface area contributed by atoms with Crippen LogP contribution in [0.1, 0.15) is 51.9 Å². The number of aromatic nitrogens is 1. The number of benzene rings is 1. The first-order chi connectivity index (χ1) is 13.1. The molecule has 6 heteroatoms. The van der Waals surface area contributed by atoms with Gasteiger partial charge in [0.2, 0.25) is 0 Å². The fourth-order valence-corrected chi connectivity index (χ4v) is 4.97. The zero-order valence-electron chi connectivity index (χ0n) is 16.8. The summed E-state index contributed by atoms with van der Waals surface area (Å²) in [5, 5.41) is 0. The average Bonchev–Trinajstić information content (AvgIpc) is 3.00. The number of fused-ring (bicyclic) bond motifs is 1. The summed E-state index contributed by atoms with van der Waals surface area (Å²) in [4.78, 5) is 18.0. The lowest BCUT2D eigenvalue weighted by atomic mass is 9.79. The van der Waals surface area contributed by atoms with Crippen LogP contribution in [0.25, 0.3) is 10.2 Å². The molecule has 27 heavy (non-hydrogen) atoms. The predicted molar refractivity (Wildman–Crippen MR) is 109 cm³/mol. The number of nitrogens with zero attached hydrogens (tertiary/aromatic N) is 2. The van der Waals surface area contributed by atoms with E-state index in [1.165, 1.54) is 43.4 Å². The molecule has 0 bridgehead atoms. The van der Waals surface area contributed by atoms with Gasteiger partial charge in [-0.1, -0.05) is 37.5 Å². The number of thiazole rings is 1. The number of methoxy groups -OCH3 is 2. The number of carbonyl (C=O) groups excluding carboxylic acids is 1. The van der Waals surface area contributed by atoms with Crippen molar-refractivity contribution in [2.24, 2.45) is 23.9 Å². The molecule has 1 heterocycles. The first kappa shape index (κ1) is 19.9. The molecular formula is C21H30N2O3S. The third-order valence-corrected chi connectivity index (χ3v) is 6.78. The van der Waals surface area contributed by atoms with Gasteiger partial charge in [0.25, 0.3) is 5.91 Å². The summed E-state index contributed by atoms with van der Waals surface area (Å²) in [6.07, 6.45) is 8.16. The molecule has 1 fully saturated rings. The Labute approximate surface area is 165 Å². The quantitative estimate of drug-likeness (QED) is 0.719. The summed E-state index contributed by atoms with van der Waals surface area (Å²) < 4.78 is 13.8. The van der Waals surface area contributed by atoms with E-state index < -0.39 is 0 Å². The van der Waals surface area contributed by atoms with Gasteiger partial charge in [0, 0.05) is 25.1 Å². The molecule has 0 N–H and O–H groups in total. The molecule has 148 valence electrons. The largest absolute Gasteiger partial charge is 0.493 e. The molecule has 1 aromatic heterocycles. The minimum Gasteiger partial charge on any atom is -0.493 e. The minimum atomic E-state index is 0.0324. The number of carbonyl (C=O) groups is 1. The molecular weight excluding hydrogens is 360 g/mol. The van der Waals surface area contributed by atoms with E-state index in [9.17, 15) is 4.79 Å². The Hall–Kier alpha value is -1.82. The fraction of sp³-hybridized carbons (Fsp3) is 0.619. The number of ether oxygens (including phenoxy) is 2. The van der Waals surface area contributed by atoms with Crippen LogP contribution >= 0.6 is 11.3 Å². The molecule has 0 spiro atoms. The summed E-state index contributed by atoms with van der Waals surface area (Å²) in [5.74, 6) is 2.29. The third-order valence-electron chi connectivity index (χ3n) is 5.68. The third kappa shape index (κ3) is 4.37. The van der Waals surface area contributed by atoms with Crippen LogP contribution in [0, 0.1) is 11.8 Å². The van der Waals surface area contributed by atoms with Gasteiger partial charge in [-0.3, -0.25) is 4.79 Å². The van der Waals surface area contributed by atoms with Crippen LogP contribution in [0.4, 0.5) is 0 Å². The van der Waals surface area contributed by atoms with E-state index in [1.54, 1.807) is 14.2 Å². The van der Waals surface area contributed by atoms with E-state index >= 15 is 0 Å². The van der Waals surface area contributed by atoms with Gasteiger partial charge in [0.05, 0.1) is 24.4 Å². The molecule has 1 amide bonds. The van der Waals surface area contributed by atoms with E-state index in [0.717, 1.165) is 33.8 Å². The molecule has 3 rings (SSSR count). The maximum atomic E-state index is 12.7. The van der Waals surface area contributed by atoms with Crippen molar-refractivity contribution in [2.75, 3.05) is 14.2 Å². The van der Waals surface area contributed by atoms with Gasteiger partial charge in [-0.2, -0.15) is 4.99 Å². The Kier molecular flexibility index (Phi) is 6.58.